The second kappa shape index (κ2) is 4.76. The summed E-state index contributed by atoms with van der Waals surface area (Å²) in [5, 5.41) is 0. The van der Waals surface area contributed by atoms with Crippen LogP contribution in [-0.4, -0.2) is 22.1 Å². The van der Waals surface area contributed by atoms with Crippen LogP contribution in [0.4, 0.5) is 0 Å². The molecule has 0 amide bonds. The molecule has 5 heteroatoms. The van der Waals surface area contributed by atoms with Crippen molar-refractivity contribution in [2.24, 2.45) is 0 Å². The third-order valence-electron chi connectivity index (χ3n) is 2.93. The van der Waals surface area contributed by atoms with E-state index in [2.05, 4.69) is 4.18 Å². The summed E-state index contributed by atoms with van der Waals surface area (Å²) in [6.45, 7) is 2.62. The van der Waals surface area contributed by atoms with Gasteiger partial charge in [0.1, 0.15) is 0 Å². The minimum Gasteiger partial charge on any atom is -0.373 e. The van der Waals surface area contributed by atoms with Crippen LogP contribution in [0.15, 0.2) is 23.1 Å². The molecule has 1 aliphatic rings. The van der Waals surface area contributed by atoms with Crippen molar-refractivity contribution in [3.63, 3.8) is 0 Å². The second-order valence-electron chi connectivity index (χ2n) is 4.16. The summed E-state index contributed by atoms with van der Waals surface area (Å²) in [7, 11) is -2.49. The normalized spacial score (nSPS) is 20.7. The Morgan fingerprint density at radius 1 is 1.41 bits per heavy atom. The van der Waals surface area contributed by atoms with E-state index >= 15 is 0 Å². The lowest BCUT2D eigenvalue weighted by atomic mass is 10.0. The monoisotopic (exact) mass is 256 g/mol. The highest BCUT2D eigenvalue weighted by molar-refractivity contribution is 7.86. The van der Waals surface area contributed by atoms with E-state index in [4.69, 9.17) is 4.74 Å². The summed E-state index contributed by atoms with van der Waals surface area (Å²) < 4.78 is 33.8. The van der Waals surface area contributed by atoms with Gasteiger partial charge in [-0.3, -0.25) is 4.18 Å². The van der Waals surface area contributed by atoms with Gasteiger partial charge in [0.25, 0.3) is 10.1 Å². The summed E-state index contributed by atoms with van der Waals surface area (Å²) in [5.74, 6) is 0. The van der Waals surface area contributed by atoms with Crippen molar-refractivity contribution in [1.29, 1.82) is 0 Å². The van der Waals surface area contributed by atoms with Crippen molar-refractivity contribution in [3.8, 4) is 0 Å². The van der Waals surface area contributed by atoms with Gasteiger partial charge in [-0.05, 0) is 25.8 Å². The maximum Gasteiger partial charge on any atom is 0.297 e. The summed E-state index contributed by atoms with van der Waals surface area (Å²) >= 11 is 0. The van der Waals surface area contributed by atoms with Gasteiger partial charge in [0.15, 0.2) is 0 Å². The molecule has 1 aromatic carbocycles. The summed E-state index contributed by atoms with van der Waals surface area (Å²) in [6.07, 6.45) is 1.69. The Labute approximate surface area is 102 Å². The Morgan fingerprint density at radius 2 is 2.18 bits per heavy atom. The number of aryl methyl sites for hydroxylation is 1. The van der Waals surface area contributed by atoms with E-state index in [1.807, 2.05) is 13.0 Å². The summed E-state index contributed by atoms with van der Waals surface area (Å²) in [5.41, 5.74) is 1.73. The molecule has 1 fully saturated rings. The Hall–Kier alpha value is -0.910. The van der Waals surface area contributed by atoms with Crippen LogP contribution in [0, 0.1) is 6.92 Å². The molecular formula is C12H16O4S. The van der Waals surface area contributed by atoms with Crippen LogP contribution < -0.4 is 0 Å². The van der Waals surface area contributed by atoms with Gasteiger partial charge >= 0.3 is 0 Å². The predicted molar refractivity (Wildman–Crippen MR) is 63.3 cm³/mol. The molecule has 2 rings (SSSR count). The first-order chi connectivity index (χ1) is 8.04. The van der Waals surface area contributed by atoms with Crippen LogP contribution in [0.5, 0.6) is 0 Å². The summed E-state index contributed by atoms with van der Waals surface area (Å²) in [6, 6.07) is 5.22. The Bertz CT molecular complexity index is 501. The zero-order valence-electron chi connectivity index (χ0n) is 9.97. The van der Waals surface area contributed by atoms with Crippen molar-refractivity contribution in [1.82, 2.24) is 0 Å². The van der Waals surface area contributed by atoms with Gasteiger partial charge in [0.05, 0.1) is 18.1 Å². The molecule has 1 aromatic rings. The van der Waals surface area contributed by atoms with E-state index in [0.717, 1.165) is 18.4 Å². The van der Waals surface area contributed by atoms with Crippen LogP contribution in [0.3, 0.4) is 0 Å². The van der Waals surface area contributed by atoms with Crippen molar-refractivity contribution in [2.75, 3.05) is 13.7 Å². The molecule has 1 aliphatic heterocycles. The first-order valence-electron chi connectivity index (χ1n) is 5.57. The molecule has 0 spiro atoms. The van der Waals surface area contributed by atoms with E-state index < -0.39 is 10.1 Å². The standard InChI is InChI=1S/C12H16O4S/c1-9-5-6-12(17(13,14)15-2)10(8-9)11-4-3-7-16-11/h5-6,8,11H,3-4,7H2,1-2H3. The van der Waals surface area contributed by atoms with Crippen LogP contribution in [0.1, 0.15) is 30.1 Å². The van der Waals surface area contributed by atoms with Gasteiger partial charge in [0.2, 0.25) is 0 Å². The van der Waals surface area contributed by atoms with E-state index in [-0.39, 0.29) is 11.0 Å². The molecule has 1 heterocycles. The Morgan fingerprint density at radius 3 is 2.76 bits per heavy atom. The quantitative estimate of drug-likeness (QED) is 0.778. The van der Waals surface area contributed by atoms with E-state index in [1.54, 1.807) is 12.1 Å². The van der Waals surface area contributed by atoms with E-state index in [0.29, 0.717) is 12.2 Å². The molecule has 0 bridgehead atoms. The van der Waals surface area contributed by atoms with Crippen molar-refractivity contribution >= 4 is 10.1 Å². The number of ether oxygens (including phenoxy) is 1. The zero-order valence-corrected chi connectivity index (χ0v) is 10.8. The molecule has 0 aliphatic carbocycles. The van der Waals surface area contributed by atoms with Gasteiger partial charge in [-0.25, -0.2) is 0 Å². The van der Waals surface area contributed by atoms with Gasteiger partial charge in [0, 0.05) is 12.2 Å². The predicted octanol–water partition coefficient (Wildman–Crippen LogP) is 2.18. The molecule has 0 radical (unpaired) electrons. The zero-order chi connectivity index (χ0) is 12.5. The third kappa shape index (κ3) is 2.51. The lowest BCUT2D eigenvalue weighted by molar-refractivity contribution is 0.109. The molecule has 1 unspecified atom stereocenters. The summed E-state index contributed by atoms with van der Waals surface area (Å²) in [4.78, 5) is 0.220. The van der Waals surface area contributed by atoms with Crippen LogP contribution in [0.2, 0.25) is 0 Å². The molecule has 17 heavy (non-hydrogen) atoms. The number of hydrogen-bond donors (Lipinski definition) is 0. The van der Waals surface area contributed by atoms with Crippen LogP contribution >= 0.6 is 0 Å². The topological polar surface area (TPSA) is 52.6 Å². The SMILES string of the molecule is COS(=O)(=O)c1ccc(C)cc1C1CCCO1. The van der Waals surface area contributed by atoms with Gasteiger partial charge < -0.3 is 4.74 Å². The van der Waals surface area contributed by atoms with Crippen molar-refractivity contribution in [3.05, 3.63) is 29.3 Å². The average molecular weight is 256 g/mol. The fourth-order valence-electron chi connectivity index (χ4n) is 2.06. The molecule has 94 valence electrons. The minimum atomic E-state index is -3.66. The lowest BCUT2D eigenvalue weighted by Gasteiger charge is -2.15. The first kappa shape index (κ1) is 12.5. The molecule has 4 nitrogen and oxygen atoms in total. The molecular weight excluding hydrogens is 240 g/mol. The number of hydrogen-bond acceptors (Lipinski definition) is 4. The Kier molecular flexibility index (Phi) is 3.51. The maximum absolute atomic E-state index is 11.8. The second-order valence-corrected chi connectivity index (χ2v) is 5.85. The molecule has 1 atom stereocenters. The van der Waals surface area contributed by atoms with Gasteiger partial charge in [-0.15, -0.1) is 0 Å². The fraction of sp³-hybridized carbons (Fsp3) is 0.500. The molecule has 0 N–H and O–H groups in total. The first-order valence-corrected chi connectivity index (χ1v) is 6.98. The van der Waals surface area contributed by atoms with Gasteiger partial charge in [-0.1, -0.05) is 17.7 Å². The third-order valence-corrected chi connectivity index (χ3v) is 4.28. The van der Waals surface area contributed by atoms with E-state index in [1.165, 1.54) is 7.11 Å². The van der Waals surface area contributed by atoms with Crippen molar-refractivity contribution < 1.29 is 17.3 Å². The molecule has 1 saturated heterocycles. The maximum atomic E-state index is 11.8. The number of benzene rings is 1. The fourth-order valence-corrected chi connectivity index (χ4v) is 2.95. The molecule has 0 aromatic heterocycles. The average Bonchev–Trinajstić information content (AvgIpc) is 2.82. The minimum absolute atomic E-state index is 0.130. The number of rotatable bonds is 3. The van der Waals surface area contributed by atoms with E-state index in [9.17, 15) is 8.42 Å². The lowest BCUT2D eigenvalue weighted by Crippen LogP contribution is -2.09. The van der Waals surface area contributed by atoms with Crippen LogP contribution in [-0.2, 0) is 19.0 Å². The van der Waals surface area contributed by atoms with Crippen LogP contribution in [0.25, 0.3) is 0 Å². The van der Waals surface area contributed by atoms with Gasteiger partial charge in [-0.2, -0.15) is 8.42 Å². The molecule has 0 saturated carbocycles. The highest BCUT2D eigenvalue weighted by atomic mass is 32.2. The highest BCUT2D eigenvalue weighted by Gasteiger charge is 2.26. The smallest absolute Gasteiger partial charge is 0.297 e. The van der Waals surface area contributed by atoms with Crippen molar-refractivity contribution in [2.45, 2.75) is 30.8 Å². The highest BCUT2D eigenvalue weighted by Crippen LogP contribution is 2.33. The Balaban J connectivity index is 2.51. The largest absolute Gasteiger partial charge is 0.373 e.